The summed E-state index contributed by atoms with van der Waals surface area (Å²) in [4.78, 5) is 28.6. The summed E-state index contributed by atoms with van der Waals surface area (Å²) in [7, 11) is 2.11. The molecule has 0 N–H and O–H groups in total. The maximum Gasteiger partial charge on any atom is 0.236 e. The van der Waals surface area contributed by atoms with Crippen molar-refractivity contribution in [2.24, 2.45) is 0 Å². The second kappa shape index (κ2) is 10.3. The molecule has 6 nitrogen and oxygen atoms in total. The van der Waals surface area contributed by atoms with E-state index in [1.165, 1.54) is 47.9 Å². The van der Waals surface area contributed by atoms with E-state index in [0.717, 1.165) is 62.3 Å². The monoisotopic (exact) mass is 470 g/mol. The van der Waals surface area contributed by atoms with Crippen LogP contribution in [0.4, 0.5) is 0 Å². The van der Waals surface area contributed by atoms with E-state index in [2.05, 4.69) is 28.8 Å². The molecule has 1 amide bonds. The van der Waals surface area contributed by atoms with Gasteiger partial charge in [0.15, 0.2) is 0 Å². The maximum atomic E-state index is 12.5. The molecule has 3 heterocycles. The highest BCUT2D eigenvalue weighted by molar-refractivity contribution is 7.19. The van der Waals surface area contributed by atoms with Crippen molar-refractivity contribution in [2.45, 2.75) is 95.6 Å². The van der Waals surface area contributed by atoms with Gasteiger partial charge in [-0.3, -0.25) is 9.69 Å². The zero-order chi connectivity index (χ0) is 22.8. The highest BCUT2D eigenvalue weighted by Gasteiger charge is 2.32. The number of carbonyl (C=O) groups excluding carboxylic acids is 1. The normalized spacial score (nSPS) is 25.2. The van der Waals surface area contributed by atoms with Crippen LogP contribution in [0, 0.1) is 0 Å². The summed E-state index contributed by atoms with van der Waals surface area (Å²) in [5.41, 5.74) is 1.49. The Morgan fingerprint density at radius 1 is 1.18 bits per heavy atom. The lowest BCUT2D eigenvalue weighted by molar-refractivity contribution is -0.131. The lowest BCUT2D eigenvalue weighted by atomic mass is 9.92. The van der Waals surface area contributed by atoms with Crippen molar-refractivity contribution in [3.05, 3.63) is 16.8 Å². The van der Waals surface area contributed by atoms with Gasteiger partial charge in [-0.2, -0.15) is 0 Å². The van der Waals surface area contributed by atoms with Crippen molar-refractivity contribution in [1.82, 2.24) is 19.8 Å². The summed E-state index contributed by atoms with van der Waals surface area (Å²) < 4.78 is 6.56. The minimum atomic E-state index is 0.202. The number of thiophene rings is 1. The SMILES string of the molecule is CCCC[C@H]1CCc2sc3ncnc(OC4CCC(N(C)CC(=O)N5CCCC5)CC4)c3c21. The van der Waals surface area contributed by atoms with Gasteiger partial charge in [-0.15, -0.1) is 11.3 Å². The van der Waals surface area contributed by atoms with Gasteiger partial charge in [0.2, 0.25) is 11.8 Å². The maximum absolute atomic E-state index is 12.5. The van der Waals surface area contributed by atoms with Crippen molar-refractivity contribution in [3.8, 4) is 5.88 Å². The summed E-state index contributed by atoms with van der Waals surface area (Å²) in [6.07, 6.45) is 14.6. The lowest BCUT2D eigenvalue weighted by Gasteiger charge is -2.35. The molecule has 2 aliphatic carbocycles. The van der Waals surface area contributed by atoms with Crippen LogP contribution in [-0.2, 0) is 11.2 Å². The third-order valence-corrected chi connectivity index (χ3v) is 9.16. The average molecular weight is 471 g/mol. The Morgan fingerprint density at radius 3 is 2.73 bits per heavy atom. The number of rotatable bonds is 8. The minimum absolute atomic E-state index is 0.202. The third-order valence-electron chi connectivity index (χ3n) is 7.99. The molecule has 1 saturated heterocycles. The van der Waals surface area contributed by atoms with Crippen LogP contribution in [-0.4, -0.2) is 64.5 Å². The number of likely N-dealkylation sites (tertiary alicyclic amines) is 1. The molecule has 2 aromatic heterocycles. The predicted molar refractivity (Wildman–Crippen MR) is 133 cm³/mol. The first-order chi connectivity index (χ1) is 16.1. The summed E-state index contributed by atoms with van der Waals surface area (Å²) in [6, 6.07) is 0.464. The van der Waals surface area contributed by atoms with Crippen molar-refractivity contribution in [3.63, 3.8) is 0 Å². The lowest BCUT2D eigenvalue weighted by Crippen LogP contribution is -2.44. The first-order valence-electron chi connectivity index (χ1n) is 13.0. The van der Waals surface area contributed by atoms with E-state index in [1.807, 2.05) is 16.2 Å². The summed E-state index contributed by atoms with van der Waals surface area (Å²) in [6.45, 7) is 4.69. The molecule has 0 bridgehead atoms. The third kappa shape index (κ3) is 4.90. The van der Waals surface area contributed by atoms with Gasteiger partial charge in [0.05, 0.1) is 11.9 Å². The number of amides is 1. The van der Waals surface area contributed by atoms with E-state index in [-0.39, 0.29) is 6.10 Å². The molecule has 0 radical (unpaired) electrons. The molecule has 1 atom stereocenters. The van der Waals surface area contributed by atoms with Gasteiger partial charge < -0.3 is 9.64 Å². The quantitative estimate of drug-likeness (QED) is 0.534. The van der Waals surface area contributed by atoms with Crippen LogP contribution in [0.15, 0.2) is 6.33 Å². The van der Waals surface area contributed by atoms with Gasteiger partial charge in [-0.25, -0.2) is 9.97 Å². The second-order valence-corrected chi connectivity index (χ2v) is 11.3. The topological polar surface area (TPSA) is 58.6 Å². The molecule has 0 aromatic carbocycles. The molecule has 2 fully saturated rings. The van der Waals surface area contributed by atoms with Crippen LogP contribution in [0.3, 0.4) is 0 Å². The Balaban J connectivity index is 1.21. The fourth-order valence-electron chi connectivity index (χ4n) is 6.04. The molecule has 0 unspecified atom stereocenters. The zero-order valence-corrected chi connectivity index (χ0v) is 21.0. The van der Waals surface area contributed by atoms with E-state index >= 15 is 0 Å². The highest BCUT2D eigenvalue weighted by Crippen LogP contribution is 2.47. The molecular formula is C26H38N4O2S. The van der Waals surface area contributed by atoms with Gasteiger partial charge in [0.1, 0.15) is 17.3 Å². The van der Waals surface area contributed by atoms with E-state index in [4.69, 9.17) is 4.74 Å². The summed E-state index contributed by atoms with van der Waals surface area (Å²) in [5.74, 6) is 1.74. The van der Waals surface area contributed by atoms with Crippen LogP contribution in [0.1, 0.15) is 87.5 Å². The van der Waals surface area contributed by atoms with Crippen molar-refractivity contribution in [2.75, 3.05) is 26.7 Å². The average Bonchev–Trinajstić information content (AvgIpc) is 3.56. The largest absolute Gasteiger partial charge is 0.474 e. The van der Waals surface area contributed by atoms with E-state index in [9.17, 15) is 4.79 Å². The van der Waals surface area contributed by atoms with Crippen molar-refractivity contribution < 1.29 is 9.53 Å². The molecule has 33 heavy (non-hydrogen) atoms. The smallest absolute Gasteiger partial charge is 0.236 e. The number of aromatic nitrogens is 2. The van der Waals surface area contributed by atoms with Gasteiger partial charge in [0, 0.05) is 24.0 Å². The molecule has 180 valence electrons. The Hall–Kier alpha value is -1.73. The molecule has 2 aromatic rings. The first-order valence-corrected chi connectivity index (χ1v) is 13.9. The Labute approximate surface area is 201 Å². The Morgan fingerprint density at radius 2 is 1.97 bits per heavy atom. The van der Waals surface area contributed by atoms with Crippen LogP contribution in [0.25, 0.3) is 10.2 Å². The number of unbranched alkanes of at least 4 members (excludes halogenated alkanes) is 1. The van der Waals surface area contributed by atoms with E-state index in [1.54, 1.807) is 6.33 Å². The van der Waals surface area contributed by atoms with Crippen molar-refractivity contribution >= 4 is 27.5 Å². The second-order valence-electron chi connectivity index (χ2n) is 10.2. The number of hydrogen-bond donors (Lipinski definition) is 0. The number of hydrogen-bond acceptors (Lipinski definition) is 6. The minimum Gasteiger partial charge on any atom is -0.474 e. The number of likely N-dealkylation sites (N-methyl/N-ethyl adjacent to an activating group) is 1. The molecule has 1 aliphatic heterocycles. The fraction of sp³-hybridized carbons (Fsp3) is 0.731. The van der Waals surface area contributed by atoms with Crippen LogP contribution in [0.2, 0.25) is 0 Å². The Bertz CT molecular complexity index is 963. The highest BCUT2D eigenvalue weighted by atomic mass is 32.1. The fourth-order valence-corrected chi connectivity index (χ4v) is 7.27. The first kappa shape index (κ1) is 23.0. The van der Waals surface area contributed by atoms with Crippen LogP contribution < -0.4 is 4.74 Å². The zero-order valence-electron chi connectivity index (χ0n) is 20.2. The van der Waals surface area contributed by atoms with Gasteiger partial charge in [-0.1, -0.05) is 19.8 Å². The van der Waals surface area contributed by atoms with Crippen LogP contribution >= 0.6 is 11.3 Å². The standard InChI is InChI=1S/C26H38N4O2S/c1-3-4-7-18-8-13-21-23(18)24-25(27-17-28-26(24)33-21)32-20-11-9-19(10-12-20)29(2)16-22(31)30-14-5-6-15-30/h17-20H,3-16H2,1-2H3/t18-,19?,20?/m0/s1. The van der Waals surface area contributed by atoms with E-state index in [0.29, 0.717) is 24.4 Å². The molecular weight excluding hydrogens is 432 g/mol. The molecule has 5 rings (SSSR count). The number of aryl methyl sites for hydroxylation is 1. The summed E-state index contributed by atoms with van der Waals surface area (Å²) >= 11 is 1.85. The number of ether oxygens (including phenoxy) is 1. The Kier molecular flexibility index (Phi) is 7.16. The molecule has 3 aliphatic rings. The van der Waals surface area contributed by atoms with E-state index < -0.39 is 0 Å². The van der Waals surface area contributed by atoms with Crippen LogP contribution in [0.5, 0.6) is 5.88 Å². The predicted octanol–water partition coefficient (Wildman–Crippen LogP) is 5.16. The van der Waals surface area contributed by atoms with Gasteiger partial charge in [0.25, 0.3) is 0 Å². The van der Waals surface area contributed by atoms with Crippen molar-refractivity contribution in [1.29, 1.82) is 0 Å². The molecule has 0 spiro atoms. The van der Waals surface area contributed by atoms with Gasteiger partial charge in [-0.05, 0) is 76.3 Å². The number of nitrogens with zero attached hydrogens (tertiary/aromatic N) is 4. The number of fused-ring (bicyclic) bond motifs is 3. The number of carbonyl (C=O) groups is 1. The summed E-state index contributed by atoms with van der Waals surface area (Å²) in [5, 5.41) is 1.20. The van der Waals surface area contributed by atoms with Gasteiger partial charge >= 0.3 is 0 Å². The molecule has 1 saturated carbocycles. The molecule has 7 heteroatoms.